The van der Waals surface area contributed by atoms with Gasteiger partial charge in [-0.2, -0.15) is 52.7 Å². The summed E-state index contributed by atoms with van der Waals surface area (Å²) in [6, 6.07) is 0. The summed E-state index contributed by atoms with van der Waals surface area (Å²) in [7, 11) is 0. The minimum atomic E-state index is -7.44. The first-order valence-corrected chi connectivity index (χ1v) is 8.11. The molecule has 0 unspecified atom stereocenters. The molecule has 0 atom stereocenters. The van der Waals surface area contributed by atoms with Gasteiger partial charge in [0.2, 0.25) is 11.7 Å². The zero-order chi connectivity index (χ0) is 28.5. The lowest BCUT2D eigenvalue weighted by Crippen LogP contribution is -2.42. The summed E-state index contributed by atoms with van der Waals surface area (Å²) in [6.45, 7) is 0. The van der Waals surface area contributed by atoms with Crippen molar-refractivity contribution in [3.05, 3.63) is 63.3 Å². The molecule has 0 saturated carbocycles. The molecular weight excluding hydrogens is 562 g/mol. The van der Waals surface area contributed by atoms with E-state index in [0.717, 1.165) is 0 Å². The molecule has 0 aliphatic heterocycles. The summed E-state index contributed by atoms with van der Waals surface area (Å²) in [5, 5.41) is 0. The molecule has 1 aromatic rings. The topological polar surface area (TPSA) is 17.1 Å². The highest BCUT2D eigenvalue weighted by molar-refractivity contribution is 6.09. The van der Waals surface area contributed by atoms with Gasteiger partial charge in [0.1, 0.15) is 0 Å². The Morgan fingerprint density at radius 3 is 1.25 bits per heavy atom. The molecule has 0 fully saturated rings. The van der Waals surface area contributed by atoms with E-state index in [4.69, 9.17) is 0 Å². The van der Waals surface area contributed by atoms with Gasteiger partial charge in [-0.15, -0.1) is 0 Å². The highest BCUT2D eigenvalue weighted by Crippen LogP contribution is 2.56. The molecule has 0 N–H and O–H groups in total. The van der Waals surface area contributed by atoms with Crippen molar-refractivity contribution in [1.29, 1.82) is 0 Å². The van der Waals surface area contributed by atoms with Gasteiger partial charge in [-0.05, 0) is 0 Å². The Hall–Kier alpha value is -3.15. The summed E-state index contributed by atoms with van der Waals surface area (Å²) in [5.74, 6) is -47.0. The number of alkyl halides is 10. The quantitative estimate of drug-likeness (QED) is 0.210. The number of hydrogen-bond donors (Lipinski definition) is 0. The van der Waals surface area contributed by atoms with Crippen molar-refractivity contribution in [3.63, 3.8) is 0 Å². The second-order valence-corrected chi connectivity index (χ2v) is 6.49. The van der Waals surface area contributed by atoms with E-state index in [9.17, 15) is 83.8 Å². The number of carbonyl (C=O) groups is 1. The van der Waals surface area contributed by atoms with Crippen molar-refractivity contribution >= 4 is 11.4 Å². The maximum Gasteiger partial charge on any atom is 0.458 e. The number of allylic oxidation sites excluding steroid dienone is 6. The van der Waals surface area contributed by atoms with Crippen molar-refractivity contribution in [2.24, 2.45) is 0 Å². The molecule has 0 amide bonds. The zero-order valence-electron chi connectivity index (χ0n) is 15.7. The van der Waals surface area contributed by atoms with Crippen LogP contribution in [-0.2, 0) is 10.7 Å². The van der Waals surface area contributed by atoms with Crippen LogP contribution in [0.2, 0.25) is 0 Å². The maximum absolute atomic E-state index is 14.3. The molecule has 0 saturated heterocycles. The Bertz CT molecular complexity index is 1210. The second-order valence-electron chi connectivity index (χ2n) is 6.49. The molecule has 1 nitrogen and oxygen atoms in total. The van der Waals surface area contributed by atoms with Crippen LogP contribution in [0.3, 0.4) is 0 Å². The monoisotopic (exact) mass is 562 g/mol. The third-order valence-corrected chi connectivity index (χ3v) is 4.33. The third kappa shape index (κ3) is 4.00. The number of rotatable bonds is 3. The van der Waals surface area contributed by atoms with E-state index >= 15 is 0 Å². The van der Waals surface area contributed by atoms with E-state index in [1.165, 1.54) is 0 Å². The van der Waals surface area contributed by atoms with Crippen LogP contribution in [0, 0.1) is 23.3 Å². The highest BCUT2D eigenvalue weighted by Gasteiger charge is 2.67. The van der Waals surface area contributed by atoms with Crippen LogP contribution in [0.4, 0.5) is 79.0 Å². The molecule has 1 aliphatic carbocycles. The number of hydrogen-bond acceptors (Lipinski definition) is 1. The summed E-state index contributed by atoms with van der Waals surface area (Å²) >= 11 is 0. The predicted molar refractivity (Wildman–Crippen MR) is 77.6 cm³/mol. The first-order chi connectivity index (χ1) is 15.9. The Morgan fingerprint density at radius 1 is 0.500 bits per heavy atom. The van der Waals surface area contributed by atoms with Gasteiger partial charge >= 0.3 is 24.2 Å². The normalized spacial score (nSPS) is 16.4. The van der Waals surface area contributed by atoms with Crippen molar-refractivity contribution in [2.45, 2.75) is 24.2 Å². The fourth-order valence-corrected chi connectivity index (χ4v) is 2.71. The van der Waals surface area contributed by atoms with Crippen LogP contribution in [0.25, 0.3) is 5.57 Å². The van der Waals surface area contributed by atoms with Gasteiger partial charge in [-0.3, -0.25) is 4.79 Å². The van der Waals surface area contributed by atoms with Gasteiger partial charge in [-0.25, -0.2) is 26.3 Å². The summed E-state index contributed by atoms with van der Waals surface area (Å²) in [6.07, 6.45) is -14.8. The number of halogens is 18. The summed E-state index contributed by atoms with van der Waals surface area (Å²) < 4.78 is 245. The Kier molecular flexibility index (Phi) is 6.84. The van der Waals surface area contributed by atoms with Crippen LogP contribution in [0.1, 0.15) is 11.1 Å². The minimum absolute atomic E-state index is 3.05. The Balaban J connectivity index is 3.46. The lowest BCUT2D eigenvalue weighted by Gasteiger charge is -2.30. The van der Waals surface area contributed by atoms with Gasteiger partial charge in [0.05, 0.1) is 16.7 Å². The largest absolute Gasteiger partial charge is 0.458 e. The molecule has 0 bridgehead atoms. The van der Waals surface area contributed by atoms with Crippen LogP contribution in [-0.4, -0.2) is 24.1 Å². The zero-order valence-corrected chi connectivity index (χ0v) is 15.7. The van der Waals surface area contributed by atoms with E-state index in [-0.39, 0.29) is 0 Å². The van der Waals surface area contributed by atoms with Gasteiger partial charge in [0.15, 0.2) is 34.9 Å². The Labute approximate surface area is 184 Å². The fraction of sp³-hybridized carbons (Fsp3) is 0.235. The minimum Gasteiger partial charge on any atom is -0.283 e. The van der Waals surface area contributed by atoms with Gasteiger partial charge in [0, 0.05) is 5.56 Å². The molecular formula is C17F18O. The first-order valence-electron chi connectivity index (χ1n) is 8.11. The molecule has 0 spiro atoms. The van der Waals surface area contributed by atoms with Crippen molar-refractivity contribution in [2.75, 3.05) is 0 Å². The molecule has 200 valence electrons. The molecule has 0 heterocycles. The van der Waals surface area contributed by atoms with Crippen molar-refractivity contribution < 1.29 is 83.8 Å². The SMILES string of the molecule is O=C1C(F)=C(F)C(=C(c2c(F)c(F)c(F)c(F)c2C(F)(F)C(F)(F)F)C(F)(F)C(F)(F)F)C(F)=C1F. The lowest BCUT2D eigenvalue weighted by atomic mass is 9.84. The predicted octanol–water partition coefficient (Wildman–Crippen LogP) is 7.73. The van der Waals surface area contributed by atoms with Crippen LogP contribution in [0.15, 0.2) is 28.9 Å². The van der Waals surface area contributed by atoms with E-state index in [0.29, 0.717) is 0 Å². The van der Waals surface area contributed by atoms with Crippen LogP contribution < -0.4 is 0 Å². The van der Waals surface area contributed by atoms with Gasteiger partial charge in [-0.1, -0.05) is 0 Å². The smallest absolute Gasteiger partial charge is 0.283 e. The maximum atomic E-state index is 14.3. The van der Waals surface area contributed by atoms with E-state index < -0.39 is 98.8 Å². The van der Waals surface area contributed by atoms with E-state index in [1.807, 2.05) is 0 Å². The molecule has 1 aromatic carbocycles. The average Bonchev–Trinajstić information content (AvgIpc) is 2.73. The molecule has 36 heavy (non-hydrogen) atoms. The van der Waals surface area contributed by atoms with Crippen LogP contribution in [0.5, 0.6) is 0 Å². The summed E-state index contributed by atoms with van der Waals surface area (Å²) in [5.41, 5.74) is -16.2. The van der Waals surface area contributed by atoms with Gasteiger partial charge < -0.3 is 0 Å². The average molecular weight is 562 g/mol. The van der Waals surface area contributed by atoms with E-state index in [2.05, 4.69) is 0 Å². The number of benzene rings is 1. The molecule has 1 aliphatic rings. The van der Waals surface area contributed by atoms with Gasteiger partial charge in [0.25, 0.3) is 5.78 Å². The highest BCUT2D eigenvalue weighted by atomic mass is 19.4. The van der Waals surface area contributed by atoms with Crippen molar-refractivity contribution in [1.82, 2.24) is 0 Å². The van der Waals surface area contributed by atoms with Crippen LogP contribution >= 0.6 is 0 Å². The number of Topliss-reactive ketones (excluding diaryl/α,β-unsaturated/α-hetero) is 1. The summed E-state index contributed by atoms with van der Waals surface area (Å²) in [4.78, 5) is 11.0. The molecule has 19 heteroatoms. The first kappa shape index (κ1) is 29.1. The Morgan fingerprint density at radius 2 is 0.889 bits per heavy atom. The standard InChI is InChI=1S/C17F18O/c18-5-1(4(8(21)10(23)9(5)22)15(28,29)17(33,34)35)3(14(26,27)16(30,31)32)2-6(19)11(24)13(36)12(25)7(2)20. The lowest BCUT2D eigenvalue weighted by molar-refractivity contribution is -0.290. The molecule has 0 aromatic heterocycles. The number of carbonyl (C=O) groups excluding carboxylic acids is 1. The van der Waals surface area contributed by atoms with E-state index in [1.54, 1.807) is 0 Å². The fourth-order valence-electron chi connectivity index (χ4n) is 2.71. The third-order valence-electron chi connectivity index (χ3n) is 4.33. The number of ketones is 1. The molecule has 2 rings (SSSR count). The molecule has 0 radical (unpaired) electrons. The second kappa shape index (κ2) is 8.46. The van der Waals surface area contributed by atoms with Crippen molar-refractivity contribution in [3.8, 4) is 0 Å².